The van der Waals surface area contributed by atoms with E-state index in [2.05, 4.69) is 15.6 Å². The summed E-state index contributed by atoms with van der Waals surface area (Å²) in [5.41, 5.74) is 2.07. The molecule has 3 rings (SSSR count). The van der Waals surface area contributed by atoms with E-state index in [4.69, 9.17) is 11.6 Å². The van der Waals surface area contributed by atoms with E-state index >= 15 is 0 Å². The Labute approximate surface area is 164 Å². The largest absolute Gasteiger partial charge is 0.348 e. The van der Waals surface area contributed by atoms with Crippen molar-refractivity contribution in [2.45, 2.75) is 58.7 Å². The van der Waals surface area contributed by atoms with Crippen molar-refractivity contribution < 1.29 is 9.59 Å². The molecule has 27 heavy (non-hydrogen) atoms. The molecule has 6 nitrogen and oxygen atoms in total. The average Bonchev–Trinajstić information content (AvgIpc) is 3.07. The zero-order valence-corrected chi connectivity index (χ0v) is 16.5. The number of rotatable bonds is 6. The van der Waals surface area contributed by atoms with Crippen LogP contribution in [-0.2, 0) is 19.5 Å². The van der Waals surface area contributed by atoms with E-state index in [1.807, 2.05) is 36.6 Å². The highest BCUT2D eigenvalue weighted by molar-refractivity contribution is 6.31. The molecule has 0 aliphatic carbocycles. The van der Waals surface area contributed by atoms with E-state index in [0.717, 1.165) is 36.9 Å². The molecule has 7 heteroatoms. The van der Waals surface area contributed by atoms with Crippen molar-refractivity contribution in [1.29, 1.82) is 0 Å². The highest BCUT2D eigenvalue weighted by atomic mass is 35.5. The van der Waals surface area contributed by atoms with Gasteiger partial charge >= 0.3 is 0 Å². The zero-order valence-electron chi connectivity index (χ0n) is 15.7. The van der Waals surface area contributed by atoms with Crippen LogP contribution in [0, 0.1) is 0 Å². The Kier molecular flexibility index (Phi) is 6.16. The van der Waals surface area contributed by atoms with Crippen molar-refractivity contribution in [3.05, 3.63) is 52.1 Å². The van der Waals surface area contributed by atoms with Crippen LogP contribution < -0.4 is 10.6 Å². The molecular weight excluding hydrogens is 364 g/mol. The number of fused-ring (bicyclic) bond motifs is 1. The summed E-state index contributed by atoms with van der Waals surface area (Å²) >= 11 is 6.15. The molecule has 1 aromatic carbocycles. The summed E-state index contributed by atoms with van der Waals surface area (Å²) in [5.74, 6) is -0.202. The highest BCUT2D eigenvalue weighted by Gasteiger charge is 2.27. The lowest BCUT2D eigenvalue weighted by molar-refractivity contribution is 0.0932. The number of carbonyl (C=O) groups excluding carboxylic acids is 2. The number of amides is 2. The number of halogens is 1. The van der Waals surface area contributed by atoms with Crippen LogP contribution in [0.2, 0.25) is 5.02 Å². The van der Waals surface area contributed by atoms with Crippen molar-refractivity contribution in [1.82, 2.24) is 20.2 Å². The smallest absolute Gasteiger partial charge is 0.287 e. The Morgan fingerprint density at radius 3 is 2.78 bits per heavy atom. The first-order valence-corrected chi connectivity index (χ1v) is 9.81. The Hall–Kier alpha value is -2.34. The maximum Gasteiger partial charge on any atom is 0.287 e. The topological polar surface area (TPSA) is 76.0 Å². The minimum absolute atomic E-state index is 0.0657. The van der Waals surface area contributed by atoms with Crippen LogP contribution in [0.1, 0.15) is 65.5 Å². The van der Waals surface area contributed by atoms with E-state index in [9.17, 15) is 9.59 Å². The van der Waals surface area contributed by atoms with Crippen molar-refractivity contribution >= 4 is 23.4 Å². The van der Waals surface area contributed by atoms with Crippen LogP contribution >= 0.6 is 11.6 Å². The quantitative estimate of drug-likeness (QED) is 0.796. The van der Waals surface area contributed by atoms with Gasteiger partial charge in [-0.15, -0.1) is 0 Å². The fraction of sp³-hybridized carbons (Fsp3) is 0.450. The molecule has 0 radical (unpaired) electrons. The van der Waals surface area contributed by atoms with Gasteiger partial charge in [-0.05, 0) is 44.2 Å². The number of imidazole rings is 1. The molecule has 2 N–H and O–H groups in total. The van der Waals surface area contributed by atoms with E-state index < -0.39 is 0 Å². The molecule has 0 saturated carbocycles. The lowest BCUT2D eigenvalue weighted by atomic mass is 10.1. The average molecular weight is 389 g/mol. The molecule has 2 heterocycles. The molecule has 0 saturated heterocycles. The van der Waals surface area contributed by atoms with Gasteiger partial charge in [0.2, 0.25) is 0 Å². The molecule has 1 aliphatic heterocycles. The molecule has 1 aromatic heterocycles. The summed E-state index contributed by atoms with van der Waals surface area (Å²) in [6, 6.07) is 7.45. The molecule has 0 fully saturated rings. The molecule has 2 amide bonds. The van der Waals surface area contributed by atoms with Gasteiger partial charge in [0.05, 0.1) is 5.69 Å². The predicted octanol–water partition coefficient (Wildman–Crippen LogP) is 3.33. The summed E-state index contributed by atoms with van der Waals surface area (Å²) in [6.07, 6.45) is 3.57. The van der Waals surface area contributed by atoms with E-state index in [1.165, 1.54) is 0 Å². The van der Waals surface area contributed by atoms with Crippen LogP contribution in [0.5, 0.6) is 0 Å². The second kappa shape index (κ2) is 8.57. The minimum atomic E-state index is -0.291. The molecule has 1 unspecified atom stereocenters. The SMILES string of the molecule is CCC(C)NC(=O)c1nc(C(=O)NCc2ccccc2Cl)n2c1CCCC2. The third kappa shape index (κ3) is 4.33. The molecule has 1 atom stereocenters. The number of hydrogen-bond donors (Lipinski definition) is 2. The third-order valence-electron chi connectivity index (χ3n) is 4.92. The summed E-state index contributed by atoms with van der Waals surface area (Å²) in [7, 11) is 0. The van der Waals surface area contributed by atoms with Crippen molar-refractivity contribution in [2.24, 2.45) is 0 Å². The van der Waals surface area contributed by atoms with Crippen molar-refractivity contribution in [3.63, 3.8) is 0 Å². The normalized spacial score (nSPS) is 14.3. The minimum Gasteiger partial charge on any atom is -0.348 e. The summed E-state index contributed by atoms with van der Waals surface area (Å²) < 4.78 is 1.89. The zero-order chi connectivity index (χ0) is 19.4. The summed E-state index contributed by atoms with van der Waals surface area (Å²) in [6.45, 7) is 4.99. The monoisotopic (exact) mass is 388 g/mol. The standard InChI is InChI=1S/C20H25ClN4O2/c1-3-13(2)23-19(26)17-16-10-6-7-11-25(16)18(24-17)20(27)22-12-14-8-4-5-9-15(14)21/h4-5,8-9,13H,3,6-7,10-12H2,1-2H3,(H,22,27)(H,23,26). The number of benzene rings is 1. The van der Waals surface area contributed by atoms with E-state index in [1.54, 1.807) is 6.07 Å². The van der Waals surface area contributed by atoms with Gasteiger partial charge in [-0.1, -0.05) is 36.7 Å². The van der Waals surface area contributed by atoms with Crippen LogP contribution in [0.3, 0.4) is 0 Å². The van der Waals surface area contributed by atoms with Gasteiger partial charge in [0.1, 0.15) is 5.69 Å². The lowest BCUT2D eigenvalue weighted by Crippen LogP contribution is -2.33. The van der Waals surface area contributed by atoms with Crippen LogP contribution in [0.15, 0.2) is 24.3 Å². The van der Waals surface area contributed by atoms with Gasteiger partial charge < -0.3 is 15.2 Å². The van der Waals surface area contributed by atoms with Crippen LogP contribution in [0.4, 0.5) is 0 Å². The number of hydrogen-bond acceptors (Lipinski definition) is 3. The fourth-order valence-electron chi connectivity index (χ4n) is 3.19. The first kappa shape index (κ1) is 19.4. The highest BCUT2D eigenvalue weighted by Crippen LogP contribution is 2.22. The first-order chi connectivity index (χ1) is 13.0. The van der Waals surface area contributed by atoms with Crippen LogP contribution in [-0.4, -0.2) is 27.4 Å². The molecule has 0 bridgehead atoms. The van der Waals surface area contributed by atoms with Crippen molar-refractivity contribution in [3.8, 4) is 0 Å². The number of carbonyl (C=O) groups is 2. The summed E-state index contributed by atoms with van der Waals surface area (Å²) in [4.78, 5) is 29.8. The maximum atomic E-state index is 12.7. The van der Waals surface area contributed by atoms with Gasteiger partial charge in [-0.2, -0.15) is 0 Å². The second-order valence-corrected chi connectivity index (χ2v) is 7.30. The maximum absolute atomic E-state index is 12.7. The van der Waals surface area contributed by atoms with Gasteiger partial charge in [0.15, 0.2) is 5.82 Å². The molecular formula is C20H25ClN4O2. The van der Waals surface area contributed by atoms with E-state index in [0.29, 0.717) is 29.6 Å². The predicted molar refractivity (Wildman–Crippen MR) is 105 cm³/mol. The molecule has 2 aromatic rings. The van der Waals surface area contributed by atoms with Crippen LogP contribution in [0.25, 0.3) is 0 Å². The van der Waals surface area contributed by atoms with Crippen molar-refractivity contribution in [2.75, 3.05) is 0 Å². The van der Waals surface area contributed by atoms with Gasteiger partial charge in [-0.25, -0.2) is 4.98 Å². The van der Waals surface area contributed by atoms with Gasteiger partial charge in [-0.3, -0.25) is 9.59 Å². The summed E-state index contributed by atoms with van der Waals surface area (Å²) in [5, 5.41) is 6.43. The Bertz CT molecular complexity index is 847. The third-order valence-corrected chi connectivity index (χ3v) is 5.29. The Morgan fingerprint density at radius 2 is 2.04 bits per heavy atom. The second-order valence-electron chi connectivity index (χ2n) is 6.90. The lowest BCUT2D eigenvalue weighted by Gasteiger charge is -2.17. The Morgan fingerprint density at radius 1 is 1.26 bits per heavy atom. The first-order valence-electron chi connectivity index (χ1n) is 9.43. The van der Waals surface area contributed by atoms with E-state index in [-0.39, 0.29) is 17.9 Å². The van der Waals surface area contributed by atoms with Gasteiger partial charge in [0, 0.05) is 24.2 Å². The Balaban J connectivity index is 1.81. The number of nitrogens with zero attached hydrogens (tertiary/aromatic N) is 2. The molecule has 1 aliphatic rings. The number of nitrogens with one attached hydrogen (secondary N) is 2. The molecule has 144 valence electrons. The fourth-order valence-corrected chi connectivity index (χ4v) is 3.39. The number of aromatic nitrogens is 2. The van der Waals surface area contributed by atoms with Gasteiger partial charge in [0.25, 0.3) is 11.8 Å². The molecule has 0 spiro atoms.